The van der Waals surface area contributed by atoms with Crippen LogP contribution in [0, 0.1) is 13.8 Å². The molecule has 0 saturated carbocycles. The van der Waals surface area contributed by atoms with E-state index in [4.69, 9.17) is 0 Å². The molecule has 2 amide bonds. The van der Waals surface area contributed by atoms with Gasteiger partial charge in [-0.25, -0.2) is 0 Å². The number of rotatable bonds is 6. The van der Waals surface area contributed by atoms with Crippen molar-refractivity contribution in [2.24, 2.45) is 7.05 Å². The van der Waals surface area contributed by atoms with Gasteiger partial charge in [0.1, 0.15) is 0 Å². The molecule has 3 aromatic rings. The Kier molecular flexibility index (Phi) is 6.60. The molecule has 1 N–H and O–H groups in total. The summed E-state index contributed by atoms with van der Waals surface area (Å²) >= 11 is 1.34. The van der Waals surface area contributed by atoms with Crippen LogP contribution in [-0.4, -0.2) is 43.8 Å². The van der Waals surface area contributed by atoms with Crippen molar-refractivity contribution in [3.63, 3.8) is 0 Å². The number of hydrogen-bond donors (Lipinski definition) is 1. The normalized spacial score (nSPS) is 15.7. The van der Waals surface area contributed by atoms with Crippen LogP contribution in [0.2, 0.25) is 0 Å². The van der Waals surface area contributed by atoms with E-state index in [1.54, 1.807) is 0 Å². The number of carbonyl (C=O) groups excluding carboxylic acids is 2. The lowest BCUT2D eigenvalue weighted by Gasteiger charge is -2.24. The summed E-state index contributed by atoms with van der Waals surface area (Å²) in [6.07, 6.45) is 1.78. The number of aryl methyl sites for hydroxylation is 2. The average molecular weight is 450 g/mol. The Hall–Kier alpha value is -3.13. The first kappa shape index (κ1) is 22.1. The molecule has 0 radical (unpaired) electrons. The number of likely N-dealkylation sites (tertiary alicyclic amines) is 1. The van der Waals surface area contributed by atoms with Gasteiger partial charge in [-0.15, -0.1) is 10.2 Å². The predicted molar refractivity (Wildman–Crippen MR) is 126 cm³/mol. The molecule has 1 aliphatic heterocycles. The van der Waals surface area contributed by atoms with E-state index in [2.05, 4.69) is 15.5 Å². The molecule has 0 bridgehead atoms. The van der Waals surface area contributed by atoms with Crippen LogP contribution < -0.4 is 5.32 Å². The van der Waals surface area contributed by atoms with Gasteiger partial charge >= 0.3 is 0 Å². The van der Waals surface area contributed by atoms with Crippen molar-refractivity contribution in [3.8, 4) is 0 Å². The molecule has 1 fully saturated rings. The zero-order valence-electron chi connectivity index (χ0n) is 18.5. The van der Waals surface area contributed by atoms with Gasteiger partial charge in [-0.1, -0.05) is 42.1 Å². The van der Waals surface area contributed by atoms with Crippen molar-refractivity contribution in [1.82, 2.24) is 19.7 Å². The Morgan fingerprint density at radius 3 is 2.72 bits per heavy atom. The van der Waals surface area contributed by atoms with Gasteiger partial charge in [0, 0.05) is 24.8 Å². The SMILES string of the molecule is Cc1cccc(NC(=O)CSc2nnc(C3CCCN3C(=O)c3ccccc3C)n2C)c1. The number of hydrogen-bond acceptors (Lipinski definition) is 5. The summed E-state index contributed by atoms with van der Waals surface area (Å²) in [5.74, 6) is 0.921. The number of benzene rings is 2. The molecule has 1 atom stereocenters. The lowest BCUT2D eigenvalue weighted by Crippen LogP contribution is -2.32. The first-order valence-electron chi connectivity index (χ1n) is 10.7. The number of nitrogens with one attached hydrogen (secondary N) is 1. The van der Waals surface area contributed by atoms with Crippen molar-refractivity contribution in [1.29, 1.82) is 0 Å². The molecule has 1 saturated heterocycles. The lowest BCUT2D eigenvalue weighted by molar-refractivity contribution is -0.113. The third-order valence-electron chi connectivity index (χ3n) is 5.69. The van der Waals surface area contributed by atoms with Gasteiger partial charge in [0.2, 0.25) is 5.91 Å². The molecule has 32 heavy (non-hydrogen) atoms. The van der Waals surface area contributed by atoms with E-state index in [1.165, 1.54) is 11.8 Å². The number of nitrogens with zero attached hydrogens (tertiary/aromatic N) is 4. The summed E-state index contributed by atoms with van der Waals surface area (Å²) in [6, 6.07) is 15.3. The van der Waals surface area contributed by atoms with Crippen LogP contribution in [0.25, 0.3) is 0 Å². The minimum atomic E-state index is -0.116. The van der Waals surface area contributed by atoms with E-state index in [0.717, 1.165) is 41.0 Å². The van der Waals surface area contributed by atoms with Gasteiger partial charge < -0.3 is 14.8 Å². The third-order valence-corrected chi connectivity index (χ3v) is 6.71. The molecule has 2 heterocycles. The molecule has 1 unspecified atom stereocenters. The van der Waals surface area contributed by atoms with Crippen LogP contribution in [-0.2, 0) is 11.8 Å². The second kappa shape index (κ2) is 9.56. The predicted octanol–water partition coefficient (Wildman–Crippen LogP) is 4.14. The Bertz CT molecular complexity index is 1140. The van der Waals surface area contributed by atoms with Crippen LogP contribution >= 0.6 is 11.8 Å². The zero-order chi connectivity index (χ0) is 22.7. The van der Waals surface area contributed by atoms with E-state index in [0.29, 0.717) is 11.7 Å². The Balaban J connectivity index is 1.43. The van der Waals surface area contributed by atoms with E-state index < -0.39 is 0 Å². The summed E-state index contributed by atoms with van der Waals surface area (Å²) in [4.78, 5) is 27.4. The third kappa shape index (κ3) is 4.70. The quantitative estimate of drug-likeness (QED) is 0.572. The van der Waals surface area contributed by atoms with Crippen molar-refractivity contribution in [3.05, 3.63) is 71.0 Å². The van der Waals surface area contributed by atoms with Crippen LogP contribution in [0.15, 0.2) is 53.7 Å². The second-order valence-corrected chi connectivity index (χ2v) is 9.02. The highest BCUT2D eigenvalue weighted by atomic mass is 32.2. The second-order valence-electron chi connectivity index (χ2n) is 8.08. The number of anilines is 1. The maximum absolute atomic E-state index is 13.2. The summed E-state index contributed by atoms with van der Waals surface area (Å²) in [6.45, 7) is 4.64. The fourth-order valence-electron chi connectivity index (χ4n) is 4.04. The number of carbonyl (C=O) groups is 2. The first-order chi connectivity index (χ1) is 15.4. The highest BCUT2D eigenvalue weighted by molar-refractivity contribution is 7.99. The van der Waals surface area contributed by atoms with Gasteiger partial charge in [0.15, 0.2) is 11.0 Å². The van der Waals surface area contributed by atoms with Crippen molar-refractivity contribution < 1.29 is 9.59 Å². The van der Waals surface area contributed by atoms with Gasteiger partial charge in [-0.2, -0.15) is 0 Å². The molecule has 4 rings (SSSR count). The zero-order valence-corrected chi connectivity index (χ0v) is 19.4. The monoisotopic (exact) mass is 449 g/mol. The summed E-state index contributed by atoms with van der Waals surface area (Å²) in [7, 11) is 1.89. The van der Waals surface area contributed by atoms with Crippen LogP contribution in [0.5, 0.6) is 0 Å². The lowest BCUT2D eigenvalue weighted by atomic mass is 10.1. The maximum Gasteiger partial charge on any atom is 0.254 e. The molecule has 1 aliphatic rings. The molecule has 1 aromatic heterocycles. The van der Waals surface area contributed by atoms with E-state index in [-0.39, 0.29) is 23.6 Å². The van der Waals surface area contributed by atoms with Crippen molar-refractivity contribution in [2.45, 2.75) is 37.9 Å². The molecule has 8 heteroatoms. The minimum Gasteiger partial charge on any atom is -0.328 e. The molecule has 2 aromatic carbocycles. The molecule has 0 aliphatic carbocycles. The molecular formula is C24H27N5O2S. The fourth-order valence-corrected chi connectivity index (χ4v) is 4.76. The van der Waals surface area contributed by atoms with E-state index in [9.17, 15) is 9.59 Å². The molecule has 7 nitrogen and oxygen atoms in total. The Morgan fingerprint density at radius 2 is 1.94 bits per heavy atom. The number of aromatic nitrogens is 3. The molecular weight excluding hydrogens is 422 g/mol. The molecule has 166 valence electrons. The van der Waals surface area contributed by atoms with E-state index in [1.807, 2.05) is 78.9 Å². The average Bonchev–Trinajstić information content (AvgIpc) is 3.38. The Morgan fingerprint density at radius 1 is 1.12 bits per heavy atom. The van der Waals surface area contributed by atoms with Crippen LogP contribution in [0.4, 0.5) is 5.69 Å². The minimum absolute atomic E-state index is 0.0281. The van der Waals surface area contributed by atoms with Gasteiger partial charge in [0.25, 0.3) is 5.91 Å². The highest BCUT2D eigenvalue weighted by Gasteiger charge is 2.34. The number of amides is 2. The fraction of sp³-hybridized carbons (Fsp3) is 0.333. The molecule has 0 spiro atoms. The maximum atomic E-state index is 13.2. The topological polar surface area (TPSA) is 80.1 Å². The largest absolute Gasteiger partial charge is 0.328 e. The van der Waals surface area contributed by atoms with Gasteiger partial charge in [-0.05, 0) is 56.0 Å². The smallest absolute Gasteiger partial charge is 0.254 e. The van der Waals surface area contributed by atoms with Crippen LogP contribution in [0.3, 0.4) is 0 Å². The van der Waals surface area contributed by atoms with Gasteiger partial charge in [-0.3, -0.25) is 9.59 Å². The number of thioether (sulfide) groups is 1. The first-order valence-corrected chi connectivity index (χ1v) is 11.7. The summed E-state index contributed by atoms with van der Waals surface area (Å²) in [5.41, 5.74) is 3.57. The summed E-state index contributed by atoms with van der Waals surface area (Å²) in [5, 5.41) is 12.3. The van der Waals surface area contributed by atoms with Crippen LogP contribution in [0.1, 0.15) is 46.2 Å². The van der Waals surface area contributed by atoms with Crippen molar-refractivity contribution in [2.75, 3.05) is 17.6 Å². The standard InChI is InChI=1S/C24H27N5O2S/c1-16-8-6-10-18(14-16)25-21(30)15-32-24-27-26-22(28(24)3)20-12-7-13-29(20)23(31)19-11-5-4-9-17(19)2/h4-6,8-11,14,20H,7,12-13,15H2,1-3H3,(H,25,30). The Labute approximate surface area is 192 Å². The van der Waals surface area contributed by atoms with E-state index >= 15 is 0 Å². The van der Waals surface area contributed by atoms with Gasteiger partial charge in [0.05, 0.1) is 11.8 Å². The summed E-state index contributed by atoms with van der Waals surface area (Å²) < 4.78 is 1.90. The highest BCUT2D eigenvalue weighted by Crippen LogP contribution is 2.33. The van der Waals surface area contributed by atoms with Crippen molar-refractivity contribution >= 4 is 29.3 Å².